The predicted molar refractivity (Wildman–Crippen MR) is 77.0 cm³/mol. The molecule has 0 aliphatic heterocycles. The molecule has 18 heavy (non-hydrogen) atoms. The van der Waals surface area contributed by atoms with Crippen LogP contribution in [0.15, 0.2) is 41.0 Å². The second kappa shape index (κ2) is 6.21. The summed E-state index contributed by atoms with van der Waals surface area (Å²) in [6, 6.07) is 9.96. The number of benzene rings is 1. The zero-order chi connectivity index (χ0) is 13.0. The summed E-state index contributed by atoms with van der Waals surface area (Å²) in [5.74, 6) is 1.21. The van der Waals surface area contributed by atoms with Crippen molar-refractivity contribution in [2.75, 3.05) is 0 Å². The van der Waals surface area contributed by atoms with Gasteiger partial charge in [0, 0.05) is 28.0 Å². The monoisotopic (exact) mass is 325 g/mol. The van der Waals surface area contributed by atoms with Crippen LogP contribution in [0.1, 0.15) is 16.8 Å². The Balaban J connectivity index is 2.09. The lowest BCUT2D eigenvalue weighted by Crippen LogP contribution is -1.99. The summed E-state index contributed by atoms with van der Waals surface area (Å²) < 4.78 is 6.86. The molecule has 1 aromatic carbocycles. The lowest BCUT2D eigenvalue weighted by molar-refractivity contribution is 0.303. The van der Waals surface area contributed by atoms with Crippen LogP contribution >= 0.6 is 27.5 Å². The van der Waals surface area contributed by atoms with E-state index in [9.17, 15) is 0 Å². The molecule has 0 spiro atoms. The van der Waals surface area contributed by atoms with Gasteiger partial charge in [0.25, 0.3) is 0 Å². The Morgan fingerprint density at radius 1 is 1.28 bits per heavy atom. The van der Waals surface area contributed by atoms with Crippen LogP contribution in [-0.4, -0.2) is 4.98 Å². The van der Waals surface area contributed by atoms with Crippen molar-refractivity contribution >= 4 is 27.5 Å². The number of hydrogen-bond donors (Lipinski definition) is 0. The molecule has 0 aliphatic carbocycles. The fourth-order valence-corrected chi connectivity index (χ4v) is 2.00. The van der Waals surface area contributed by atoms with E-state index < -0.39 is 0 Å². The van der Waals surface area contributed by atoms with Crippen molar-refractivity contribution < 1.29 is 4.74 Å². The van der Waals surface area contributed by atoms with Crippen LogP contribution in [0.5, 0.6) is 5.75 Å². The Bertz CT molecular complexity index is 528. The Hall–Kier alpha value is -1.06. The number of nitrogens with zero attached hydrogens (tertiary/aromatic N) is 1. The van der Waals surface area contributed by atoms with Crippen LogP contribution in [0, 0.1) is 6.92 Å². The number of pyridine rings is 1. The number of hydrogen-bond acceptors (Lipinski definition) is 2. The van der Waals surface area contributed by atoms with E-state index >= 15 is 0 Å². The first-order valence-corrected chi connectivity index (χ1v) is 6.90. The van der Waals surface area contributed by atoms with Crippen LogP contribution in [-0.2, 0) is 12.5 Å². The molecule has 0 saturated heterocycles. The zero-order valence-corrected chi connectivity index (χ0v) is 12.3. The number of rotatable bonds is 4. The normalized spacial score (nSPS) is 10.4. The van der Waals surface area contributed by atoms with E-state index in [-0.39, 0.29) is 0 Å². The highest BCUT2D eigenvalue weighted by Gasteiger charge is 2.04. The summed E-state index contributed by atoms with van der Waals surface area (Å²) in [6.07, 6.45) is 1.76. The van der Waals surface area contributed by atoms with Gasteiger partial charge in [0.05, 0.1) is 5.88 Å². The molecule has 0 amide bonds. The van der Waals surface area contributed by atoms with Crippen molar-refractivity contribution in [1.82, 2.24) is 4.98 Å². The average molecular weight is 327 g/mol. The van der Waals surface area contributed by atoms with Crippen LogP contribution in [0.2, 0.25) is 0 Å². The summed E-state index contributed by atoms with van der Waals surface area (Å²) in [5.41, 5.74) is 2.96. The van der Waals surface area contributed by atoms with Gasteiger partial charge in [0.2, 0.25) is 0 Å². The minimum Gasteiger partial charge on any atom is -0.488 e. The average Bonchev–Trinajstić information content (AvgIpc) is 2.38. The third-order valence-corrected chi connectivity index (χ3v) is 3.35. The van der Waals surface area contributed by atoms with Gasteiger partial charge in [0.1, 0.15) is 12.4 Å². The third-order valence-electron chi connectivity index (χ3n) is 2.53. The summed E-state index contributed by atoms with van der Waals surface area (Å²) in [7, 11) is 0. The lowest BCUT2D eigenvalue weighted by atomic mass is 10.2. The molecule has 0 bridgehead atoms. The van der Waals surface area contributed by atoms with Crippen molar-refractivity contribution in [1.29, 1.82) is 0 Å². The smallest absolute Gasteiger partial charge is 0.127 e. The van der Waals surface area contributed by atoms with Gasteiger partial charge in [-0.3, -0.25) is 4.98 Å². The van der Waals surface area contributed by atoms with Gasteiger partial charge >= 0.3 is 0 Å². The van der Waals surface area contributed by atoms with E-state index in [4.69, 9.17) is 16.3 Å². The largest absolute Gasteiger partial charge is 0.488 e. The summed E-state index contributed by atoms with van der Waals surface area (Å²) >= 11 is 9.27. The van der Waals surface area contributed by atoms with E-state index in [1.165, 1.54) is 0 Å². The fraction of sp³-hybridized carbons (Fsp3) is 0.214. The van der Waals surface area contributed by atoms with Gasteiger partial charge in [-0.25, -0.2) is 0 Å². The number of halogens is 2. The van der Waals surface area contributed by atoms with Crippen LogP contribution in [0.4, 0.5) is 0 Å². The molecule has 0 saturated carbocycles. The van der Waals surface area contributed by atoms with E-state index in [0.717, 1.165) is 27.0 Å². The van der Waals surface area contributed by atoms with Crippen molar-refractivity contribution in [2.24, 2.45) is 0 Å². The molecule has 0 atom stereocenters. The van der Waals surface area contributed by atoms with Gasteiger partial charge in [-0.05, 0) is 24.6 Å². The highest BCUT2D eigenvalue weighted by molar-refractivity contribution is 9.10. The second-order valence-corrected chi connectivity index (χ2v) is 5.17. The van der Waals surface area contributed by atoms with Gasteiger partial charge < -0.3 is 4.74 Å². The molecule has 94 valence electrons. The quantitative estimate of drug-likeness (QED) is 0.773. The molecule has 2 rings (SSSR count). The van der Waals surface area contributed by atoms with Crippen molar-refractivity contribution in [2.45, 2.75) is 19.4 Å². The van der Waals surface area contributed by atoms with Crippen molar-refractivity contribution in [3.05, 3.63) is 57.8 Å². The van der Waals surface area contributed by atoms with Crippen molar-refractivity contribution in [3.8, 4) is 5.75 Å². The third kappa shape index (κ3) is 3.47. The Morgan fingerprint density at radius 3 is 2.67 bits per heavy atom. The predicted octanol–water partition coefficient (Wildman–Crippen LogP) is 4.47. The first kappa shape index (κ1) is 13.4. The van der Waals surface area contributed by atoms with Crippen LogP contribution in [0.3, 0.4) is 0 Å². The number of alkyl halides is 1. The van der Waals surface area contributed by atoms with Crippen LogP contribution in [0.25, 0.3) is 0 Å². The SMILES string of the molecule is Cc1cc(OCc2ccc(Br)cc2)c(CCl)cn1. The zero-order valence-electron chi connectivity index (χ0n) is 9.99. The van der Waals surface area contributed by atoms with E-state index in [2.05, 4.69) is 20.9 Å². The topological polar surface area (TPSA) is 22.1 Å². The Morgan fingerprint density at radius 2 is 2.00 bits per heavy atom. The summed E-state index contributed by atoms with van der Waals surface area (Å²) in [6.45, 7) is 2.46. The Labute approximate surface area is 120 Å². The molecule has 2 nitrogen and oxygen atoms in total. The number of ether oxygens (including phenoxy) is 1. The molecular formula is C14H13BrClNO. The molecule has 2 aromatic rings. The maximum Gasteiger partial charge on any atom is 0.127 e. The minimum atomic E-state index is 0.406. The number of aryl methyl sites for hydroxylation is 1. The molecule has 0 radical (unpaired) electrons. The maximum absolute atomic E-state index is 5.86. The molecule has 0 N–H and O–H groups in total. The molecule has 4 heteroatoms. The molecule has 1 aromatic heterocycles. The first-order chi connectivity index (χ1) is 8.69. The molecule has 1 heterocycles. The Kier molecular flexibility index (Phi) is 4.61. The maximum atomic E-state index is 5.86. The molecular weight excluding hydrogens is 314 g/mol. The van der Waals surface area contributed by atoms with E-state index in [1.54, 1.807) is 6.20 Å². The van der Waals surface area contributed by atoms with Crippen molar-refractivity contribution in [3.63, 3.8) is 0 Å². The fourth-order valence-electron chi connectivity index (χ4n) is 1.54. The van der Waals surface area contributed by atoms with E-state index in [0.29, 0.717) is 12.5 Å². The minimum absolute atomic E-state index is 0.406. The summed E-state index contributed by atoms with van der Waals surface area (Å²) in [4.78, 5) is 4.21. The molecule has 0 aliphatic rings. The highest BCUT2D eigenvalue weighted by Crippen LogP contribution is 2.22. The number of aromatic nitrogens is 1. The molecule has 0 fully saturated rings. The first-order valence-electron chi connectivity index (χ1n) is 5.58. The lowest BCUT2D eigenvalue weighted by Gasteiger charge is -2.10. The second-order valence-electron chi connectivity index (χ2n) is 3.98. The molecule has 0 unspecified atom stereocenters. The van der Waals surface area contributed by atoms with Gasteiger partial charge in [-0.1, -0.05) is 28.1 Å². The van der Waals surface area contributed by atoms with Gasteiger partial charge in [-0.15, -0.1) is 11.6 Å². The van der Waals surface area contributed by atoms with Crippen LogP contribution < -0.4 is 4.74 Å². The standard InChI is InChI=1S/C14H13BrClNO/c1-10-6-14(12(7-16)8-17-10)18-9-11-2-4-13(15)5-3-11/h2-6,8H,7,9H2,1H3. The van der Waals surface area contributed by atoms with Gasteiger partial charge in [0.15, 0.2) is 0 Å². The highest BCUT2D eigenvalue weighted by atomic mass is 79.9. The van der Waals surface area contributed by atoms with Gasteiger partial charge in [-0.2, -0.15) is 0 Å². The summed E-state index contributed by atoms with van der Waals surface area (Å²) in [5, 5.41) is 0. The van der Waals surface area contributed by atoms with E-state index in [1.807, 2.05) is 37.3 Å².